The summed E-state index contributed by atoms with van der Waals surface area (Å²) in [5, 5.41) is 16.5. The lowest BCUT2D eigenvalue weighted by molar-refractivity contribution is 0.134. The molecule has 1 aromatic rings. The second-order valence-corrected chi connectivity index (χ2v) is 6.01. The molecule has 1 aromatic carbocycles. The predicted octanol–water partition coefficient (Wildman–Crippen LogP) is 2.54. The molecule has 25 heavy (non-hydrogen) atoms. The fraction of sp³-hybridized carbons (Fsp3) is 0.611. The maximum absolute atomic E-state index is 9.93. The molecule has 0 aromatic heterocycles. The Labute approximate surface area is 167 Å². The topological polar surface area (TPSA) is 75.1 Å². The largest absolute Gasteiger partial charge is 0.497 e. The van der Waals surface area contributed by atoms with Crippen LogP contribution in [0.1, 0.15) is 31.7 Å². The van der Waals surface area contributed by atoms with Crippen molar-refractivity contribution in [2.24, 2.45) is 10.9 Å². The van der Waals surface area contributed by atoms with E-state index < -0.39 is 0 Å². The van der Waals surface area contributed by atoms with E-state index >= 15 is 0 Å². The van der Waals surface area contributed by atoms with Crippen LogP contribution in [0.5, 0.6) is 11.5 Å². The zero-order valence-electron chi connectivity index (χ0n) is 15.2. The lowest BCUT2D eigenvalue weighted by Gasteiger charge is -2.18. The van der Waals surface area contributed by atoms with Gasteiger partial charge in [-0.15, -0.1) is 24.0 Å². The number of hydrogen-bond acceptors (Lipinski definition) is 4. The number of halogens is 1. The van der Waals surface area contributed by atoms with Gasteiger partial charge < -0.3 is 25.2 Å². The SMILES string of the molecule is CCNC(=NCc1ccc(OC)cc1OC)NCC1CCCC1O.I. The van der Waals surface area contributed by atoms with Crippen LogP contribution >= 0.6 is 24.0 Å². The van der Waals surface area contributed by atoms with Crippen molar-refractivity contribution >= 4 is 29.9 Å². The average molecular weight is 463 g/mol. The molecule has 0 amide bonds. The summed E-state index contributed by atoms with van der Waals surface area (Å²) < 4.78 is 10.6. The van der Waals surface area contributed by atoms with Crippen LogP contribution in [-0.4, -0.2) is 44.5 Å². The van der Waals surface area contributed by atoms with Gasteiger partial charge in [0.1, 0.15) is 11.5 Å². The van der Waals surface area contributed by atoms with E-state index in [1.807, 2.05) is 25.1 Å². The summed E-state index contributed by atoms with van der Waals surface area (Å²) >= 11 is 0. The zero-order chi connectivity index (χ0) is 17.4. The summed E-state index contributed by atoms with van der Waals surface area (Å²) in [4.78, 5) is 4.63. The van der Waals surface area contributed by atoms with Gasteiger partial charge in [0, 0.05) is 30.6 Å². The number of rotatable bonds is 7. The van der Waals surface area contributed by atoms with Gasteiger partial charge in [-0.1, -0.05) is 6.42 Å². The Morgan fingerprint density at radius 3 is 2.64 bits per heavy atom. The zero-order valence-corrected chi connectivity index (χ0v) is 17.6. The van der Waals surface area contributed by atoms with Crippen molar-refractivity contribution < 1.29 is 14.6 Å². The van der Waals surface area contributed by atoms with Crippen molar-refractivity contribution in [2.45, 2.75) is 38.8 Å². The first-order valence-electron chi connectivity index (χ1n) is 8.59. The van der Waals surface area contributed by atoms with Gasteiger partial charge in [-0.2, -0.15) is 0 Å². The van der Waals surface area contributed by atoms with Gasteiger partial charge in [0.05, 0.1) is 26.9 Å². The van der Waals surface area contributed by atoms with Gasteiger partial charge in [-0.25, -0.2) is 4.99 Å². The standard InChI is InChI=1S/C18H29N3O3.HI/c1-4-19-18(20-11-13-6-5-7-16(13)22)21-12-14-8-9-15(23-2)10-17(14)24-3;/h8-10,13,16,22H,4-7,11-12H2,1-3H3,(H2,19,20,21);1H. The highest BCUT2D eigenvalue weighted by molar-refractivity contribution is 14.0. The highest BCUT2D eigenvalue weighted by atomic mass is 127. The van der Waals surface area contributed by atoms with Crippen LogP contribution in [0.25, 0.3) is 0 Å². The van der Waals surface area contributed by atoms with E-state index in [0.717, 1.165) is 55.4 Å². The highest BCUT2D eigenvalue weighted by Gasteiger charge is 2.24. The van der Waals surface area contributed by atoms with Crippen LogP contribution < -0.4 is 20.1 Å². The summed E-state index contributed by atoms with van der Waals surface area (Å²) in [6.07, 6.45) is 2.88. The number of methoxy groups -OCH3 is 2. The molecule has 0 radical (unpaired) electrons. The summed E-state index contributed by atoms with van der Waals surface area (Å²) in [5.74, 6) is 2.60. The van der Waals surface area contributed by atoms with Crippen LogP contribution in [0.2, 0.25) is 0 Å². The molecule has 1 saturated carbocycles. The number of nitrogens with one attached hydrogen (secondary N) is 2. The molecule has 2 unspecified atom stereocenters. The number of aliphatic imine (C=N–C) groups is 1. The molecule has 2 rings (SSSR count). The van der Waals surface area contributed by atoms with Gasteiger partial charge in [0.25, 0.3) is 0 Å². The summed E-state index contributed by atoms with van der Waals surface area (Å²) in [6.45, 7) is 4.08. The van der Waals surface area contributed by atoms with Crippen LogP contribution in [0, 0.1) is 5.92 Å². The van der Waals surface area contributed by atoms with Crippen LogP contribution in [-0.2, 0) is 6.54 Å². The molecule has 1 aliphatic rings. The Morgan fingerprint density at radius 1 is 1.24 bits per heavy atom. The molecule has 2 atom stereocenters. The predicted molar refractivity (Wildman–Crippen MR) is 111 cm³/mol. The van der Waals surface area contributed by atoms with E-state index in [9.17, 15) is 5.11 Å². The van der Waals surface area contributed by atoms with Crippen LogP contribution in [0.3, 0.4) is 0 Å². The number of benzene rings is 1. The third-order valence-electron chi connectivity index (χ3n) is 4.40. The molecule has 7 heteroatoms. The first kappa shape index (κ1) is 21.8. The van der Waals surface area contributed by atoms with Crippen LogP contribution in [0.15, 0.2) is 23.2 Å². The lowest BCUT2D eigenvalue weighted by Crippen LogP contribution is -2.41. The first-order chi connectivity index (χ1) is 11.7. The van der Waals surface area contributed by atoms with Crippen LogP contribution in [0.4, 0.5) is 0 Å². The summed E-state index contributed by atoms with van der Waals surface area (Å²) in [5.41, 5.74) is 0.997. The third kappa shape index (κ3) is 6.54. The number of aliphatic hydroxyl groups is 1. The van der Waals surface area contributed by atoms with Crippen molar-refractivity contribution in [3.63, 3.8) is 0 Å². The molecule has 0 saturated heterocycles. The molecular weight excluding hydrogens is 433 g/mol. The minimum absolute atomic E-state index is 0. The van der Waals surface area contributed by atoms with Crippen molar-refractivity contribution in [3.05, 3.63) is 23.8 Å². The maximum Gasteiger partial charge on any atom is 0.191 e. The normalized spacial score (nSPS) is 19.9. The molecule has 0 heterocycles. The average Bonchev–Trinajstić information content (AvgIpc) is 3.02. The van der Waals surface area contributed by atoms with Gasteiger partial charge >= 0.3 is 0 Å². The Bertz CT molecular complexity index is 554. The molecular formula is C18H30IN3O3. The van der Waals surface area contributed by atoms with Gasteiger partial charge in [0.2, 0.25) is 0 Å². The molecule has 1 aliphatic carbocycles. The Kier molecular flexibility index (Phi) is 9.96. The highest BCUT2D eigenvalue weighted by Crippen LogP contribution is 2.26. The maximum atomic E-state index is 9.93. The molecule has 0 aliphatic heterocycles. The van der Waals surface area contributed by atoms with Gasteiger partial charge in [-0.05, 0) is 31.9 Å². The fourth-order valence-electron chi connectivity index (χ4n) is 2.97. The van der Waals surface area contributed by atoms with Gasteiger partial charge in [0.15, 0.2) is 5.96 Å². The minimum Gasteiger partial charge on any atom is -0.497 e. The number of ether oxygens (including phenoxy) is 2. The van der Waals surface area contributed by atoms with Crippen molar-refractivity contribution in [2.75, 3.05) is 27.3 Å². The van der Waals surface area contributed by atoms with E-state index in [2.05, 4.69) is 15.6 Å². The van der Waals surface area contributed by atoms with Crippen molar-refractivity contribution in [3.8, 4) is 11.5 Å². The van der Waals surface area contributed by atoms with Crippen molar-refractivity contribution in [1.29, 1.82) is 0 Å². The second-order valence-electron chi connectivity index (χ2n) is 6.01. The number of guanidine groups is 1. The second kappa shape index (κ2) is 11.4. The fourth-order valence-corrected chi connectivity index (χ4v) is 2.97. The molecule has 0 bridgehead atoms. The summed E-state index contributed by atoms with van der Waals surface area (Å²) in [7, 11) is 3.28. The number of nitrogens with zero attached hydrogens (tertiary/aromatic N) is 1. The van der Waals surface area contributed by atoms with E-state index in [-0.39, 0.29) is 30.1 Å². The first-order valence-corrected chi connectivity index (χ1v) is 8.59. The quantitative estimate of drug-likeness (QED) is 0.329. The molecule has 0 spiro atoms. The number of hydrogen-bond donors (Lipinski definition) is 3. The molecule has 3 N–H and O–H groups in total. The molecule has 6 nitrogen and oxygen atoms in total. The molecule has 1 fully saturated rings. The van der Waals surface area contributed by atoms with E-state index in [4.69, 9.17) is 9.47 Å². The smallest absolute Gasteiger partial charge is 0.191 e. The molecule has 142 valence electrons. The Morgan fingerprint density at radius 2 is 2.04 bits per heavy atom. The number of aliphatic hydroxyl groups excluding tert-OH is 1. The van der Waals surface area contributed by atoms with E-state index in [1.165, 1.54) is 0 Å². The summed E-state index contributed by atoms with van der Waals surface area (Å²) in [6, 6.07) is 5.73. The van der Waals surface area contributed by atoms with E-state index in [0.29, 0.717) is 12.5 Å². The minimum atomic E-state index is -0.193. The van der Waals surface area contributed by atoms with Gasteiger partial charge in [-0.3, -0.25) is 0 Å². The lowest BCUT2D eigenvalue weighted by atomic mass is 10.1. The van der Waals surface area contributed by atoms with Crippen molar-refractivity contribution in [1.82, 2.24) is 10.6 Å². The Hall–Kier alpha value is -1.22. The van der Waals surface area contributed by atoms with E-state index in [1.54, 1.807) is 14.2 Å². The monoisotopic (exact) mass is 463 g/mol. The third-order valence-corrected chi connectivity index (χ3v) is 4.40. The Balaban J connectivity index is 0.00000312.